The van der Waals surface area contributed by atoms with Crippen molar-refractivity contribution in [2.75, 3.05) is 26.2 Å². The van der Waals surface area contributed by atoms with Gasteiger partial charge in [-0.25, -0.2) is 4.39 Å². The minimum absolute atomic E-state index is 0.162. The molecule has 1 amide bonds. The second-order valence-corrected chi connectivity index (χ2v) is 6.77. The van der Waals surface area contributed by atoms with Crippen LogP contribution in [0, 0.1) is 5.82 Å². The van der Waals surface area contributed by atoms with Crippen LogP contribution in [0.15, 0.2) is 36.5 Å². The average molecular weight is 388 g/mol. The molecule has 28 heavy (non-hydrogen) atoms. The van der Waals surface area contributed by atoms with Gasteiger partial charge in [0.05, 0.1) is 12.6 Å². The van der Waals surface area contributed by atoms with Gasteiger partial charge in [0.1, 0.15) is 18.1 Å². The van der Waals surface area contributed by atoms with Crippen molar-refractivity contribution in [1.29, 1.82) is 0 Å². The van der Waals surface area contributed by atoms with E-state index >= 15 is 0 Å². The standard InChI is InChI=1S/C20H25FN4O3/c1-2-28-19(26)14-24(13-15-5-7-16(21)8-6-15)20(27)18-9-11-25(23-18)17-4-3-10-22-12-17/h5-9,11,17,22H,2-4,10,12-14H2,1H3. The molecule has 3 rings (SSSR count). The van der Waals surface area contributed by atoms with Gasteiger partial charge in [0.25, 0.3) is 5.91 Å². The van der Waals surface area contributed by atoms with E-state index < -0.39 is 5.97 Å². The number of nitrogens with one attached hydrogen (secondary N) is 1. The van der Waals surface area contributed by atoms with Gasteiger partial charge in [-0.05, 0) is 50.1 Å². The zero-order chi connectivity index (χ0) is 19.9. The first-order valence-corrected chi connectivity index (χ1v) is 9.52. The van der Waals surface area contributed by atoms with Crippen LogP contribution in [0.25, 0.3) is 0 Å². The lowest BCUT2D eigenvalue weighted by Gasteiger charge is -2.23. The third kappa shape index (κ3) is 5.16. The molecule has 1 unspecified atom stereocenters. The molecule has 1 N–H and O–H groups in total. The van der Waals surface area contributed by atoms with Crippen molar-refractivity contribution in [1.82, 2.24) is 20.0 Å². The molecule has 2 heterocycles. The van der Waals surface area contributed by atoms with Gasteiger partial charge in [0, 0.05) is 19.3 Å². The van der Waals surface area contributed by atoms with Gasteiger partial charge in [0.15, 0.2) is 0 Å². The number of benzene rings is 1. The molecule has 0 saturated carbocycles. The van der Waals surface area contributed by atoms with Crippen LogP contribution >= 0.6 is 0 Å². The molecular formula is C20H25FN4O3. The maximum Gasteiger partial charge on any atom is 0.325 e. The zero-order valence-electron chi connectivity index (χ0n) is 15.9. The summed E-state index contributed by atoms with van der Waals surface area (Å²) in [6.45, 7) is 3.73. The van der Waals surface area contributed by atoms with Crippen LogP contribution in [0.2, 0.25) is 0 Å². The highest BCUT2D eigenvalue weighted by Crippen LogP contribution is 2.17. The van der Waals surface area contributed by atoms with Gasteiger partial charge in [-0.2, -0.15) is 5.10 Å². The molecule has 1 atom stereocenters. The number of carbonyl (C=O) groups is 2. The molecule has 8 heteroatoms. The van der Waals surface area contributed by atoms with E-state index in [4.69, 9.17) is 4.74 Å². The van der Waals surface area contributed by atoms with E-state index in [9.17, 15) is 14.0 Å². The predicted octanol–water partition coefficient (Wildman–Crippen LogP) is 2.15. The molecule has 7 nitrogen and oxygen atoms in total. The molecular weight excluding hydrogens is 363 g/mol. The van der Waals surface area contributed by atoms with Crippen molar-refractivity contribution in [3.63, 3.8) is 0 Å². The van der Waals surface area contributed by atoms with Gasteiger partial charge in [-0.1, -0.05) is 12.1 Å². The molecule has 0 bridgehead atoms. The summed E-state index contributed by atoms with van der Waals surface area (Å²) in [5.41, 5.74) is 0.993. The first-order chi connectivity index (χ1) is 13.6. The number of aromatic nitrogens is 2. The summed E-state index contributed by atoms with van der Waals surface area (Å²) < 4.78 is 20.0. The highest BCUT2D eigenvalue weighted by molar-refractivity contribution is 5.94. The molecule has 1 aliphatic rings. The number of esters is 1. The molecule has 150 valence electrons. The first kappa shape index (κ1) is 20.0. The Hall–Kier alpha value is -2.74. The fourth-order valence-corrected chi connectivity index (χ4v) is 3.25. The number of nitrogens with zero attached hydrogens (tertiary/aromatic N) is 3. The van der Waals surface area contributed by atoms with Crippen LogP contribution in [-0.2, 0) is 16.1 Å². The Morgan fingerprint density at radius 1 is 1.32 bits per heavy atom. The summed E-state index contributed by atoms with van der Waals surface area (Å²) in [7, 11) is 0. The molecule has 1 aromatic heterocycles. The molecule has 0 radical (unpaired) electrons. The maximum atomic E-state index is 13.2. The number of rotatable bonds is 7. The molecule has 1 saturated heterocycles. The number of hydrogen-bond acceptors (Lipinski definition) is 5. The highest BCUT2D eigenvalue weighted by Gasteiger charge is 2.23. The Balaban J connectivity index is 1.75. The van der Waals surface area contributed by atoms with Crippen LogP contribution in [0.1, 0.15) is 41.9 Å². The lowest BCUT2D eigenvalue weighted by molar-refractivity contribution is -0.143. The van der Waals surface area contributed by atoms with E-state index in [-0.39, 0.29) is 43.2 Å². The maximum absolute atomic E-state index is 13.2. The van der Waals surface area contributed by atoms with E-state index in [1.54, 1.807) is 36.0 Å². The minimum Gasteiger partial charge on any atom is -0.465 e. The monoisotopic (exact) mass is 388 g/mol. The van der Waals surface area contributed by atoms with Gasteiger partial charge < -0.3 is 15.0 Å². The number of amides is 1. The van der Waals surface area contributed by atoms with E-state index in [1.807, 2.05) is 0 Å². The SMILES string of the molecule is CCOC(=O)CN(Cc1ccc(F)cc1)C(=O)c1ccn(C2CCCNC2)n1. The predicted molar refractivity (Wildman–Crippen MR) is 101 cm³/mol. The number of ether oxygens (including phenoxy) is 1. The Kier molecular flexibility index (Phi) is 6.76. The Bertz CT molecular complexity index is 800. The van der Waals surface area contributed by atoms with Crippen molar-refractivity contribution in [3.8, 4) is 0 Å². The fourth-order valence-electron chi connectivity index (χ4n) is 3.25. The number of hydrogen-bond donors (Lipinski definition) is 1. The number of halogens is 1. The minimum atomic E-state index is -0.492. The molecule has 2 aromatic rings. The Morgan fingerprint density at radius 3 is 2.79 bits per heavy atom. The zero-order valence-corrected chi connectivity index (χ0v) is 15.9. The summed E-state index contributed by atoms with van der Waals surface area (Å²) in [6.07, 6.45) is 3.86. The van der Waals surface area contributed by atoms with Crippen LogP contribution < -0.4 is 5.32 Å². The largest absolute Gasteiger partial charge is 0.465 e. The second kappa shape index (κ2) is 9.45. The van der Waals surface area contributed by atoms with Crippen LogP contribution in [0.4, 0.5) is 4.39 Å². The summed E-state index contributed by atoms with van der Waals surface area (Å²) in [6, 6.07) is 7.71. The van der Waals surface area contributed by atoms with Crippen molar-refractivity contribution < 1.29 is 18.7 Å². The summed E-state index contributed by atoms with van der Waals surface area (Å²) in [4.78, 5) is 26.4. The smallest absolute Gasteiger partial charge is 0.325 e. The lowest BCUT2D eigenvalue weighted by Crippen LogP contribution is -2.36. The van der Waals surface area contributed by atoms with Crippen molar-refractivity contribution in [2.45, 2.75) is 32.4 Å². The van der Waals surface area contributed by atoms with Crippen molar-refractivity contribution >= 4 is 11.9 Å². The fraction of sp³-hybridized carbons (Fsp3) is 0.450. The Labute approximate surface area is 163 Å². The molecule has 0 aliphatic carbocycles. The lowest BCUT2D eigenvalue weighted by atomic mass is 10.1. The van der Waals surface area contributed by atoms with Crippen LogP contribution in [0.3, 0.4) is 0 Å². The molecule has 0 spiro atoms. The van der Waals surface area contributed by atoms with E-state index in [0.717, 1.165) is 31.5 Å². The third-order valence-corrected chi connectivity index (χ3v) is 4.67. The van der Waals surface area contributed by atoms with Crippen molar-refractivity contribution in [2.24, 2.45) is 0 Å². The van der Waals surface area contributed by atoms with Crippen LogP contribution in [0.5, 0.6) is 0 Å². The van der Waals surface area contributed by atoms with Gasteiger partial charge in [0.2, 0.25) is 0 Å². The molecule has 1 fully saturated rings. The third-order valence-electron chi connectivity index (χ3n) is 4.67. The summed E-state index contributed by atoms with van der Waals surface area (Å²) in [5.74, 6) is -1.21. The molecule has 1 aromatic carbocycles. The van der Waals surface area contributed by atoms with E-state index in [1.165, 1.54) is 17.0 Å². The van der Waals surface area contributed by atoms with Gasteiger partial charge in [-0.15, -0.1) is 0 Å². The number of carbonyl (C=O) groups excluding carboxylic acids is 2. The average Bonchev–Trinajstić information content (AvgIpc) is 3.20. The highest BCUT2D eigenvalue weighted by atomic mass is 19.1. The Morgan fingerprint density at radius 2 is 2.11 bits per heavy atom. The summed E-state index contributed by atoms with van der Waals surface area (Å²) >= 11 is 0. The van der Waals surface area contributed by atoms with Gasteiger partial charge in [-0.3, -0.25) is 14.3 Å². The molecule has 1 aliphatic heterocycles. The van der Waals surface area contributed by atoms with Crippen LogP contribution in [-0.4, -0.2) is 52.8 Å². The normalized spacial score (nSPS) is 16.6. The van der Waals surface area contributed by atoms with Gasteiger partial charge >= 0.3 is 5.97 Å². The second-order valence-electron chi connectivity index (χ2n) is 6.77. The number of piperidine rings is 1. The van der Waals surface area contributed by atoms with Crippen molar-refractivity contribution in [3.05, 3.63) is 53.6 Å². The topological polar surface area (TPSA) is 76.5 Å². The quantitative estimate of drug-likeness (QED) is 0.736. The van der Waals surface area contributed by atoms with E-state index in [0.29, 0.717) is 0 Å². The summed E-state index contributed by atoms with van der Waals surface area (Å²) in [5, 5.41) is 7.76. The van der Waals surface area contributed by atoms with E-state index in [2.05, 4.69) is 10.4 Å². The first-order valence-electron chi connectivity index (χ1n) is 9.52.